The number of carbonyl (C=O) groups excluding carboxylic acids is 1. The van der Waals surface area contributed by atoms with Gasteiger partial charge in [-0.15, -0.1) is 0 Å². The number of hydrogen-bond donors (Lipinski definition) is 4. The Morgan fingerprint density at radius 3 is 2.50 bits per heavy atom. The normalized spacial score (nSPS) is 13.8. The van der Waals surface area contributed by atoms with Crippen molar-refractivity contribution >= 4 is 5.91 Å². The van der Waals surface area contributed by atoms with E-state index >= 15 is 0 Å². The maximum absolute atomic E-state index is 11.8. The summed E-state index contributed by atoms with van der Waals surface area (Å²) in [4.78, 5) is 11.8. The van der Waals surface area contributed by atoms with Crippen LogP contribution in [0.3, 0.4) is 0 Å². The molecular formula is C15H26N4O. The molecule has 1 amide bonds. The van der Waals surface area contributed by atoms with Crippen LogP contribution in [0.25, 0.3) is 0 Å². The van der Waals surface area contributed by atoms with E-state index in [1.54, 1.807) is 0 Å². The quantitative estimate of drug-likeness (QED) is 0.481. The molecule has 0 saturated heterocycles. The number of nitrogens with one attached hydrogen (secondary N) is 1. The molecule has 0 aliphatic rings. The summed E-state index contributed by atoms with van der Waals surface area (Å²) in [5, 5.41) is 2.81. The van der Waals surface area contributed by atoms with Gasteiger partial charge in [-0.25, -0.2) is 0 Å². The average molecular weight is 278 g/mol. The Morgan fingerprint density at radius 2 is 1.85 bits per heavy atom. The van der Waals surface area contributed by atoms with Gasteiger partial charge in [0, 0.05) is 12.6 Å². The van der Waals surface area contributed by atoms with Crippen molar-refractivity contribution < 1.29 is 4.79 Å². The fraction of sp³-hybridized carbons (Fsp3) is 0.533. The van der Waals surface area contributed by atoms with Crippen molar-refractivity contribution in [3.05, 3.63) is 35.9 Å². The van der Waals surface area contributed by atoms with E-state index in [-0.39, 0.29) is 11.9 Å². The lowest BCUT2D eigenvalue weighted by Gasteiger charge is -2.16. The van der Waals surface area contributed by atoms with E-state index in [9.17, 15) is 4.79 Å². The van der Waals surface area contributed by atoms with E-state index < -0.39 is 6.04 Å². The Labute approximate surface area is 120 Å². The number of nitrogens with two attached hydrogens (primary N) is 3. The first-order chi connectivity index (χ1) is 9.63. The fourth-order valence-corrected chi connectivity index (χ4v) is 1.99. The molecule has 5 heteroatoms. The number of amides is 1. The van der Waals surface area contributed by atoms with Crippen LogP contribution in [-0.4, -0.2) is 31.1 Å². The zero-order valence-corrected chi connectivity index (χ0v) is 11.9. The Kier molecular flexibility index (Phi) is 7.87. The largest absolute Gasteiger partial charge is 0.353 e. The van der Waals surface area contributed by atoms with Gasteiger partial charge in [-0.3, -0.25) is 4.79 Å². The molecule has 2 atom stereocenters. The SMILES string of the molecule is NCCCC[C@H](N)C(=O)NC[C@H](N)Cc1ccccc1. The van der Waals surface area contributed by atoms with Gasteiger partial charge in [0.15, 0.2) is 0 Å². The minimum Gasteiger partial charge on any atom is -0.353 e. The second-order valence-corrected chi connectivity index (χ2v) is 5.09. The summed E-state index contributed by atoms with van der Waals surface area (Å²) in [6.07, 6.45) is 3.18. The van der Waals surface area contributed by atoms with Gasteiger partial charge >= 0.3 is 0 Å². The van der Waals surface area contributed by atoms with Gasteiger partial charge < -0.3 is 22.5 Å². The maximum Gasteiger partial charge on any atom is 0.236 e. The molecule has 0 spiro atoms. The standard InChI is InChI=1S/C15H26N4O/c16-9-5-4-8-14(18)15(20)19-11-13(17)10-12-6-2-1-3-7-12/h1-3,6-7,13-14H,4-5,8-11,16-18H2,(H,19,20)/t13-,14+/m1/s1. The topological polar surface area (TPSA) is 107 Å². The molecule has 112 valence electrons. The van der Waals surface area contributed by atoms with Gasteiger partial charge in [-0.05, 0) is 31.4 Å². The Balaban J connectivity index is 2.22. The monoisotopic (exact) mass is 278 g/mol. The molecule has 0 saturated carbocycles. The molecule has 0 fully saturated rings. The number of carbonyl (C=O) groups is 1. The fourth-order valence-electron chi connectivity index (χ4n) is 1.99. The van der Waals surface area contributed by atoms with Crippen molar-refractivity contribution in [2.45, 2.75) is 37.8 Å². The molecule has 1 aromatic rings. The molecule has 1 rings (SSSR count). The highest BCUT2D eigenvalue weighted by atomic mass is 16.2. The number of rotatable bonds is 9. The first-order valence-corrected chi connectivity index (χ1v) is 7.16. The van der Waals surface area contributed by atoms with Crippen molar-refractivity contribution in [2.75, 3.05) is 13.1 Å². The lowest BCUT2D eigenvalue weighted by Crippen LogP contribution is -2.45. The van der Waals surface area contributed by atoms with Gasteiger partial charge in [0.2, 0.25) is 5.91 Å². The molecule has 0 heterocycles. The third-order valence-electron chi connectivity index (χ3n) is 3.19. The van der Waals surface area contributed by atoms with E-state index in [0.29, 0.717) is 19.5 Å². The van der Waals surface area contributed by atoms with Gasteiger partial charge in [-0.1, -0.05) is 36.8 Å². The van der Waals surface area contributed by atoms with E-state index in [1.807, 2.05) is 30.3 Å². The van der Waals surface area contributed by atoms with Crippen molar-refractivity contribution in [1.29, 1.82) is 0 Å². The highest BCUT2D eigenvalue weighted by Gasteiger charge is 2.13. The highest BCUT2D eigenvalue weighted by Crippen LogP contribution is 2.02. The summed E-state index contributed by atoms with van der Waals surface area (Å²) in [5.41, 5.74) is 18.4. The van der Waals surface area contributed by atoms with E-state index in [1.165, 1.54) is 5.56 Å². The zero-order chi connectivity index (χ0) is 14.8. The third-order valence-corrected chi connectivity index (χ3v) is 3.19. The first-order valence-electron chi connectivity index (χ1n) is 7.16. The van der Waals surface area contributed by atoms with Gasteiger partial charge in [-0.2, -0.15) is 0 Å². The number of hydrogen-bond acceptors (Lipinski definition) is 4. The van der Waals surface area contributed by atoms with Crippen LogP contribution in [0, 0.1) is 0 Å². The summed E-state index contributed by atoms with van der Waals surface area (Å²) >= 11 is 0. The molecule has 0 radical (unpaired) electrons. The smallest absolute Gasteiger partial charge is 0.236 e. The summed E-state index contributed by atoms with van der Waals surface area (Å²) in [6.45, 7) is 1.08. The Morgan fingerprint density at radius 1 is 1.15 bits per heavy atom. The number of unbranched alkanes of at least 4 members (excludes halogenated alkanes) is 1. The van der Waals surface area contributed by atoms with Gasteiger partial charge in [0.25, 0.3) is 0 Å². The summed E-state index contributed by atoms with van der Waals surface area (Å²) < 4.78 is 0. The molecule has 7 N–H and O–H groups in total. The van der Waals surface area contributed by atoms with Crippen LogP contribution in [0.2, 0.25) is 0 Å². The van der Waals surface area contributed by atoms with Gasteiger partial charge in [0.05, 0.1) is 6.04 Å². The maximum atomic E-state index is 11.8. The van der Waals surface area contributed by atoms with Crippen LogP contribution in [0.4, 0.5) is 0 Å². The molecule has 0 aliphatic carbocycles. The summed E-state index contributed by atoms with van der Waals surface area (Å²) in [7, 11) is 0. The van der Waals surface area contributed by atoms with Gasteiger partial charge in [0.1, 0.15) is 0 Å². The lowest BCUT2D eigenvalue weighted by atomic mass is 10.1. The molecule has 1 aromatic carbocycles. The molecule has 0 unspecified atom stereocenters. The lowest BCUT2D eigenvalue weighted by molar-refractivity contribution is -0.122. The zero-order valence-electron chi connectivity index (χ0n) is 11.9. The summed E-state index contributed by atoms with van der Waals surface area (Å²) in [5.74, 6) is -0.134. The van der Waals surface area contributed by atoms with Crippen LogP contribution < -0.4 is 22.5 Å². The van der Waals surface area contributed by atoms with Crippen LogP contribution in [0.15, 0.2) is 30.3 Å². The van der Waals surface area contributed by atoms with E-state index in [4.69, 9.17) is 17.2 Å². The predicted octanol–water partition coefficient (Wildman–Crippen LogP) is 0.129. The molecule has 0 aliphatic heterocycles. The van der Waals surface area contributed by atoms with Crippen LogP contribution in [0.5, 0.6) is 0 Å². The average Bonchev–Trinajstić information content (AvgIpc) is 2.46. The number of benzene rings is 1. The molecule has 0 bridgehead atoms. The van der Waals surface area contributed by atoms with Crippen LogP contribution in [-0.2, 0) is 11.2 Å². The van der Waals surface area contributed by atoms with E-state index in [2.05, 4.69) is 5.32 Å². The Bertz CT molecular complexity index is 383. The molecule has 20 heavy (non-hydrogen) atoms. The van der Waals surface area contributed by atoms with E-state index in [0.717, 1.165) is 19.3 Å². The van der Waals surface area contributed by atoms with Crippen LogP contribution >= 0.6 is 0 Å². The first kappa shape index (κ1) is 16.6. The van der Waals surface area contributed by atoms with Crippen molar-refractivity contribution in [1.82, 2.24) is 5.32 Å². The minimum absolute atomic E-state index is 0.0995. The third kappa shape index (κ3) is 6.65. The molecular weight excluding hydrogens is 252 g/mol. The highest BCUT2D eigenvalue weighted by molar-refractivity contribution is 5.81. The van der Waals surface area contributed by atoms with Crippen molar-refractivity contribution in [3.63, 3.8) is 0 Å². The Hall–Kier alpha value is -1.43. The van der Waals surface area contributed by atoms with Crippen molar-refractivity contribution in [2.24, 2.45) is 17.2 Å². The van der Waals surface area contributed by atoms with Crippen molar-refractivity contribution in [3.8, 4) is 0 Å². The second-order valence-electron chi connectivity index (χ2n) is 5.09. The van der Waals surface area contributed by atoms with Crippen LogP contribution in [0.1, 0.15) is 24.8 Å². The summed E-state index contributed by atoms with van der Waals surface area (Å²) in [6, 6.07) is 9.42. The molecule has 5 nitrogen and oxygen atoms in total. The molecule has 0 aromatic heterocycles. The minimum atomic E-state index is -0.467. The second kappa shape index (κ2) is 9.47. The predicted molar refractivity (Wildman–Crippen MR) is 82.0 cm³/mol.